The summed E-state index contributed by atoms with van der Waals surface area (Å²) in [6.45, 7) is 7.88. The smallest absolute Gasteiger partial charge is 0.165 e. The summed E-state index contributed by atoms with van der Waals surface area (Å²) in [5.74, 6) is 0.0423. The third-order valence-corrected chi connectivity index (χ3v) is 4.29. The van der Waals surface area contributed by atoms with Crippen molar-refractivity contribution in [2.45, 2.75) is 31.7 Å². The van der Waals surface area contributed by atoms with Gasteiger partial charge in [-0.2, -0.15) is 0 Å². The Morgan fingerprint density at radius 2 is 2.14 bits per heavy atom. The monoisotopic (exact) mass is 306 g/mol. The first kappa shape index (κ1) is 17.0. The summed E-state index contributed by atoms with van der Waals surface area (Å²) >= 11 is 0. The van der Waals surface area contributed by atoms with Crippen LogP contribution in [0.25, 0.3) is 0 Å². The number of hydrogen-bond donors (Lipinski definition) is 1. The summed E-state index contributed by atoms with van der Waals surface area (Å²) in [4.78, 5) is 2.50. The Kier molecular flexibility index (Phi) is 6.87. The van der Waals surface area contributed by atoms with Crippen molar-refractivity contribution in [1.29, 1.82) is 0 Å². The summed E-state index contributed by atoms with van der Waals surface area (Å²) in [6, 6.07) is 5.61. The van der Waals surface area contributed by atoms with E-state index in [0.29, 0.717) is 11.8 Å². The maximum atomic E-state index is 13.7. The summed E-state index contributed by atoms with van der Waals surface area (Å²) in [5, 5.41) is 3.39. The van der Waals surface area contributed by atoms with Gasteiger partial charge in [0.2, 0.25) is 0 Å². The molecule has 1 N–H and O–H groups in total. The number of halogens is 1. The number of hydrogen-bond acceptors (Lipinski definition) is 3. The fourth-order valence-electron chi connectivity index (χ4n) is 3.06. The van der Waals surface area contributed by atoms with Gasteiger partial charge in [-0.25, -0.2) is 4.39 Å². The maximum Gasteiger partial charge on any atom is 0.165 e. The molecule has 1 aromatic carbocycles. The predicted octanol–water partition coefficient (Wildman–Crippen LogP) is 3.53. The number of unbranched alkanes of at least 4 members (excludes halogenated alkanes) is 2. The number of piperazine rings is 1. The lowest BCUT2D eigenvalue weighted by atomic mass is 9.97. The van der Waals surface area contributed by atoms with E-state index in [-0.39, 0.29) is 5.82 Å². The Morgan fingerprint density at radius 1 is 1.36 bits per heavy atom. The second-order valence-electron chi connectivity index (χ2n) is 5.77. The Hall–Kier alpha value is -1.39. The molecule has 0 spiro atoms. The van der Waals surface area contributed by atoms with Gasteiger partial charge in [-0.3, -0.25) is 4.90 Å². The summed E-state index contributed by atoms with van der Waals surface area (Å²) in [5.41, 5.74) is 1.15. The highest BCUT2D eigenvalue weighted by molar-refractivity contribution is 5.32. The molecule has 0 aliphatic carbocycles. The molecule has 1 heterocycles. The van der Waals surface area contributed by atoms with Crippen molar-refractivity contribution < 1.29 is 9.13 Å². The van der Waals surface area contributed by atoms with Crippen LogP contribution < -0.4 is 10.1 Å². The van der Waals surface area contributed by atoms with Gasteiger partial charge in [-0.15, -0.1) is 6.58 Å². The SMILES string of the molecule is C=CCCCC[C@H](c1ccc(F)c(OC)c1)N1CCNCC1. The molecule has 4 heteroatoms. The van der Waals surface area contributed by atoms with Crippen molar-refractivity contribution in [3.05, 3.63) is 42.2 Å². The standard InChI is InChI=1S/C18H27FN2O/c1-3-4-5-6-7-17(21-12-10-20-11-13-21)15-8-9-16(19)18(14-15)22-2/h3,8-9,14,17,20H,1,4-7,10-13H2,2H3/t17-/m1/s1. The maximum absolute atomic E-state index is 13.7. The second kappa shape index (κ2) is 8.91. The molecular weight excluding hydrogens is 279 g/mol. The average Bonchev–Trinajstić information content (AvgIpc) is 2.56. The number of benzene rings is 1. The third-order valence-electron chi connectivity index (χ3n) is 4.29. The number of nitrogens with one attached hydrogen (secondary N) is 1. The molecule has 0 saturated carbocycles. The number of rotatable bonds is 8. The minimum Gasteiger partial charge on any atom is -0.494 e. The molecule has 22 heavy (non-hydrogen) atoms. The lowest BCUT2D eigenvalue weighted by Crippen LogP contribution is -2.45. The van der Waals surface area contributed by atoms with Gasteiger partial charge in [0.05, 0.1) is 7.11 Å². The average molecular weight is 306 g/mol. The largest absolute Gasteiger partial charge is 0.494 e. The highest BCUT2D eigenvalue weighted by Crippen LogP contribution is 2.30. The van der Waals surface area contributed by atoms with E-state index in [1.165, 1.54) is 13.2 Å². The van der Waals surface area contributed by atoms with Crippen LogP contribution in [-0.4, -0.2) is 38.2 Å². The lowest BCUT2D eigenvalue weighted by Gasteiger charge is -2.35. The van der Waals surface area contributed by atoms with Crippen molar-refractivity contribution in [3.63, 3.8) is 0 Å². The molecule has 1 aliphatic heterocycles. The lowest BCUT2D eigenvalue weighted by molar-refractivity contribution is 0.162. The Labute approximate surface area is 133 Å². The molecule has 0 bridgehead atoms. The van der Waals surface area contributed by atoms with Crippen LogP contribution in [0.3, 0.4) is 0 Å². The highest BCUT2D eigenvalue weighted by Gasteiger charge is 2.22. The van der Waals surface area contributed by atoms with Crippen LogP contribution in [0, 0.1) is 5.82 Å². The van der Waals surface area contributed by atoms with Crippen LogP contribution in [0.15, 0.2) is 30.9 Å². The fourth-order valence-corrected chi connectivity index (χ4v) is 3.06. The molecule has 1 fully saturated rings. The van der Waals surface area contributed by atoms with Crippen LogP contribution in [0.5, 0.6) is 5.75 Å². The zero-order valence-electron chi connectivity index (χ0n) is 13.5. The quantitative estimate of drug-likeness (QED) is 0.587. The van der Waals surface area contributed by atoms with E-state index >= 15 is 0 Å². The van der Waals surface area contributed by atoms with E-state index in [1.54, 1.807) is 0 Å². The molecule has 0 amide bonds. The van der Waals surface area contributed by atoms with Gasteiger partial charge in [0.25, 0.3) is 0 Å². The number of nitrogens with zero attached hydrogens (tertiary/aromatic N) is 1. The molecule has 3 nitrogen and oxygen atoms in total. The molecule has 0 aromatic heterocycles. The molecule has 1 atom stereocenters. The zero-order chi connectivity index (χ0) is 15.8. The molecule has 2 rings (SSSR count). The van der Waals surface area contributed by atoms with Gasteiger partial charge in [0.1, 0.15) is 0 Å². The van der Waals surface area contributed by atoms with Crippen molar-refractivity contribution in [2.24, 2.45) is 0 Å². The van der Waals surface area contributed by atoms with Crippen LogP contribution in [0.4, 0.5) is 4.39 Å². The van der Waals surface area contributed by atoms with E-state index in [2.05, 4.69) is 16.8 Å². The predicted molar refractivity (Wildman–Crippen MR) is 88.8 cm³/mol. The Balaban J connectivity index is 2.12. The molecule has 0 radical (unpaired) electrons. The number of methoxy groups -OCH3 is 1. The van der Waals surface area contributed by atoms with Gasteiger partial charge in [0.15, 0.2) is 11.6 Å². The van der Waals surface area contributed by atoms with Crippen molar-refractivity contribution in [2.75, 3.05) is 33.3 Å². The molecule has 1 saturated heterocycles. The summed E-state index contributed by atoms with van der Waals surface area (Å²) in [7, 11) is 1.52. The minimum absolute atomic E-state index is 0.294. The Morgan fingerprint density at radius 3 is 2.82 bits per heavy atom. The van der Waals surface area contributed by atoms with E-state index in [4.69, 9.17) is 4.74 Å². The second-order valence-corrected chi connectivity index (χ2v) is 5.77. The van der Waals surface area contributed by atoms with Crippen LogP contribution in [0.1, 0.15) is 37.3 Å². The first-order valence-corrected chi connectivity index (χ1v) is 8.15. The normalized spacial score (nSPS) is 17.2. The van der Waals surface area contributed by atoms with Crippen molar-refractivity contribution >= 4 is 0 Å². The fraction of sp³-hybridized carbons (Fsp3) is 0.556. The van der Waals surface area contributed by atoms with E-state index in [0.717, 1.165) is 57.4 Å². The topological polar surface area (TPSA) is 24.5 Å². The van der Waals surface area contributed by atoms with E-state index < -0.39 is 0 Å². The van der Waals surface area contributed by atoms with E-state index in [9.17, 15) is 4.39 Å². The third kappa shape index (κ3) is 4.55. The Bertz CT molecular complexity index is 472. The first-order chi connectivity index (χ1) is 10.8. The molecule has 122 valence electrons. The van der Waals surface area contributed by atoms with E-state index in [1.807, 2.05) is 18.2 Å². The molecule has 0 unspecified atom stereocenters. The zero-order valence-corrected chi connectivity index (χ0v) is 13.5. The molecule has 1 aromatic rings. The minimum atomic E-state index is -0.294. The van der Waals surface area contributed by atoms with Gasteiger partial charge in [-0.1, -0.05) is 18.6 Å². The molecule has 1 aliphatic rings. The summed E-state index contributed by atoms with van der Waals surface area (Å²) in [6.07, 6.45) is 6.43. The van der Waals surface area contributed by atoms with Crippen LogP contribution >= 0.6 is 0 Å². The van der Waals surface area contributed by atoms with Gasteiger partial charge >= 0.3 is 0 Å². The van der Waals surface area contributed by atoms with Crippen molar-refractivity contribution in [3.8, 4) is 5.75 Å². The number of ether oxygens (including phenoxy) is 1. The van der Waals surface area contributed by atoms with Gasteiger partial charge in [-0.05, 0) is 37.0 Å². The first-order valence-electron chi connectivity index (χ1n) is 8.15. The van der Waals surface area contributed by atoms with Crippen LogP contribution in [0.2, 0.25) is 0 Å². The molecular formula is C18H27FN2O. The van der Waals surface area contributed by atoms with Gasteiger partial charge < -0.3 is 10.1 Å². The highest BCUT2D eigenvalue weighted by atomic mass is 19.1. The van der Waals surface area contributed by atoms with Crippen LogP contribution in [-0.2, 0) is 0 Å². The van der Waals surface area contributed by atoms with Gasteiger partial charge in [0, 0.05) is 32.2 Å². The summed E-state index contributed by atoms with van der Waals surface area (Å²) < 4.78 is 18.8. The van der Waals surface area contributed by atoms with Crippen molar-refractivity contribution in [1.82, 2.24) is 10.2 Å². The number of allylic oxidation sites excluding steroid dienone is 1.